The van der Waals surface area contributed by atoms with Crippen LogP contribution in [0.1, 0.15) is 90.5 Å². The molecule has 2 N–H and O–H groups in total. The zero-order valence-corrected chi connectivity index (χ0v) is 32.1. The van der Waals surface area contributed by atoms with Crippen molar-refractivity contribution < 1.29 is 32.4 Å². The van der Waals surface area contributed by atoms with E-state index in [1.165, 1.54) is 75.3 Å². The Labute approximate surface area is 296 Å². The molecule has 2 aliphatic carbocycles. The van der Waals surface area contributed by atoms with E-state index < -0.39 is 0 Å². The molecule has 46 heavy (non-hydrogen) atoms. The van der Waals surface area contributed by atoms with E-state index in [0.29, 0.717) is 6.54 Å². The third-order valence-corrected chi connectivity index (χ3v) is 12.2. The van der Waals surface area contributed by atoms with Crippen LogP contribution in [0.2, 0.25) is 0 Å². The Morgan fingerprint density at radius 3 is 1.70 bits per heavy atom. The molecular formula is C39H57ClNO3PPd. The fourth-order valence-electron chi connectivity index (χ4n) is 6.18. The third-order valence-electron chi connectivity index (χ3n) is 8.62. The Bertz CT molecular complexity index is 1170. The first kappa shape index (κ1) is 40.7. The summed E-state index contributed by atoms with van der Waals surface area (Å²) in [7, 11) is 9.55. The number of nitrogens with two attached hydrogens (primary N) is 1. The second kappa shape index (κ2) is 23.0. The number of hydrogen-bond acceptors (Lipinski definition) is 4. The van der Waals surface area contributed by atoms with Crippen molar-refractivity contribution in [1.29, 1.82) is 0 Å². The summed E-state index contributed by atoms with van der Waals surface area (Å²) < 4.78 is 16.5. The first-order chi connectivity index (χ1) is 22.3. The minimum atomic E-state index is -0.182. The Morgan fingerprint density at radius 1 is 0.761 bits per heavy atom. The molecule has 0 spiro atoms. The molecule has 7 heteroatoms. The van der Waals surface area contributed by atoms with Crippen LogP contribution in [0.4, 0.5) is 0 Å². The number of benzene rings is 3. The summed E-state index contributed by atoms with van der Waals surface area (Å²) >= 11 is 2.22. The first-order valence-electron chi connectivity index (χ1n) is 16.7. The molecular weight excluding hydrogens is 703 g/mol. The third kappa shape index (κ3) is 13.6. The standard InChI is InChI=1S/C26H35O2P.C8H10N.C5H12O.ClH.Pd/c1-27-23-17-11-18-24(28-2)26(23)22-16-9-10-19-25(22)29(20-12-5-3-6-13-20)21-14-7-4-8-15-21;9-7-6-8-4-2-1-3-5-8;1-5(2,3)6-4;;/h9-11,16-21H,3-8,12-15H2,1-2H3;1-4H,6-7,9H2;1-4H3;1H;/q;-1;;;+2/p-1. The molecule has 3 aromatic rings. The molecule has 5 rings (SSSR count). The number of hydrogen-bond donors (Lipinski definition) is 1. The van der Waals surface area contributed by atoms with E-state index in [1.54, 1.807) is 26.6 Å². The van der Waals surface area contributed by atoms with E-state index in [4.69, 9.17) is 19.9 Å². The molecule has 0 heterocycles. The SMILES string of the molecule is COC(C)(C)C.COc1cccc(OC)c1-c1ccccc1P(C1CCCCC1)C1CCCCC1.NCCc1[c-]cccc1.[Cl][Pd+]. The zero-order chi connectivity index (χ0) is 33.8. The maximum atomic E-state index is 5.80. The molecule has 0 atom stereocenters. The van der Waals surface area contributed by atoms with Crippen molar-refractivity contribution in [3.63, 3.8) is 0 Å². The second-order valence-corrected chi connectivity index (χ2v) is 15.5. The molecule has 4 nitrogen and oxygen atoms in total. The van der Waals surface area contributed by atoms with Gasteiger partial charge in [-0.05, 0) is 93.7 Å². The quantitative estimate of drug-likeness (QED) is 0.141. The molecule has 0 aliphatic heterocycles. The van der Waals surface area contributed by atoms with Gasteiger partial charge in [-0.25, -0.2) is 0 Å². The number of ether oxygens (including phenoxy) is 3. The van der Waals surface area contributed by atoms with Gasteiger partial charge < -0.3 is 19.9 Å². The molecule has 2 aliphatic rings. The summed E-state index contributed by atoms with van der Waals surface area (Å²) in [6, 6.07) is 26.3. The number of rotatable bonds is 8. The molecule has 0 amide bonds. The Kier molecular flexibility index (Phi) is 20.4. The number of methoxy groups -OCH3 is 3. The van der Waals surface area contributed by atoms with E-state index in [0.717, 1.165) is 34.8 Å². The first-order valence-corrected chi connectivity index (χ1v) is 20.2. The van der Waals surface area contributed by atoms with Gasteiger partial charge in [0.15, 0.2) is 0 Å². The molecule has 2 saturated carbocycles. The van der Waals surface area contributed by atoms with Crippen LogP contribution in [0.3, 0.4) is 0 Å². The fourth-order valence-corrected chi connectivity index (χ4v) is 10.1. The van der Waals surface area contributed by atoms with Crippen molar-refractivity contribution in [1.82, 2.24) is 0 Å². The molecule has 0 unspecified atom stereocenters. The van der Waals surface area contributed by atoms with Crippen molar-refractivity contribution in [2.75, 3.05) is 27.9 Å². The van der Waals surface area contributed by atoms with Crippen molar-refractivity contribution in [2.24, 2.45) is 5.73 Å². The Balaban J connectivity index is 0.000000356. The summed E-state index contributed by atoms with van der Waals surface area (Å²) in [5, 5.41) is 1.59. The average molecular weight is 761 g/mol. The van der Waals surface area contributed by atoms with Crippen LogP contribution in [-0.4, -0.2) is 44.8 Å². The van der Waals surface area contributed by atoms with Crippen molar-refractivity contribution in [3.05, 3.63) is 78.4 Å². The fraction of sp³-hybridized carbons (Fsp3) is 0.538. The molecule has 3 aromatic carbocycles. The number of halogens is 1. The maximum absolute atomic E-state index is 5.80. The van der Waals surface area contributed by atoms with E-state index in [1.807, 2.05) is 51.1 Å². The van der Waals surface area contributed by atoms with Gasteiger partial charge in [-0.1, -0.05) is 76.8 Å². The van der Waals surface area contributed by atoms with Gasteiger partial charge in [0.1, 0.15) is 11.5 Å². The van der Waals surface area contributed by atoms with Gasteiger partial charge in [0.2, 0.25) is 0 Å². The van der Waals surface area contributed by atoms with Gasteiger partial charge >= 0.3 is 27.7 Å². The Hall–Kier alpha value is -1.44. The monoisotopic (exact) mass is 759 g/mol. The summed E-state index contributed by atoms with van der Waals surface area (Å²) in [6.45, 7) is 6.77. The predicted octanol–water partition coefficient (Wildman–Crippen LogP) is 10.2. The van der Waals surface area contributed by atoms with Gasteiger partial charge in [-0.3, -0.25) is 0 Å². The summed E-state index contributed by atoms with van der Waals surface area (Å²) in [4.78, 5) is 0. The molecule has 0 bridgehead atoms. The minimum absolute atomic E-state index is 0.0417. The van der Waals surface area contributed by atoms with E-state index in [9.17, 15) is 0 Å². The van der Waals surface area contributed by atoms with Gasteiger partial charge in [-0.15, -0.1) is 0 Å². The zero-order valence-electron chi connectivity index (χ0n) is 28.9. The molecule has 0 radical (unpaired) electrons. The summed E-state index contributed by atoms with van der Waals surface area (Å²) in [6.07, 6.45) is 15.1. The van der Waals surface area contributed by atoms with Crippen LogP contribution in [0.5, 0.6) is 11.5 Å². The van der Waals surface area contributed by atoms with Crippen LogP contribution in [0.25, 0.3) is 11.1 Å². The second-order valence-electron chi connectivity index (χ2n) is 12.8. The predicted molar refractivity (Wildman–Crippen MR) is 196 cm³/mol. The molecule has 258 valence electrons. The van der Waals surface area contributed by atoms with Gasteiger partial charge in [0.05, 0.1) is 25.4 Å². The van der Waals surface area contributed by atoms with Crippen molar-refractivity contribution >= 4 is 22.8 Å². The summed E-state index contributed by atoms with van der Waals surface area (Å²) in [5.41, 5.74) is 10.8. The van der Waals surface area contributed by atoms with Crippen LogP contribution in [0, 0.1) is 6.07 Å². The van der Waals surface area contributed by atoms with Crippen LogP contribution >= 0.6 is 17.5 Å². The van der Waals surface area contributed by atoms with E-state index in [2.05, 4.69) is 70.2 Å². The summed E-state index contributed by atoms with van der Waals surface area (Å²) in [5.74, 6) is 1.83. The van der Waals surface area contributed by atoms with Gasteiger partial charge in [0.25, 0.3) is 0 Å². The topological polar surface area (TPSA) is 53.7 Å². The van der Waals surface area contributed by atoms with Crippen LogP contribution in [-0.2, 0) is 29.3 Å². The van der Waals surface area contributed by atoms with E-state index >= 15 is 0 Å². The van der Waals surface area contributed by atoms with Crippen molar-refractivity contribution in [3.8, 4) is 22.6 Å². The van der Waals surface area contributed by atoms with Crippen LogP contribution in [0.15, 0.2) is 66.7 Å². The average Bonchev–Trinajstić information content (AvgIpc) is 3.11. The van der Waals surface area contributed by atoms with E-state index in [-0.39, 0.29) is 13.5 Å². The molecule has 2 fully saturated rings. The molecule has 0 aromatic heterocycles. The molecule has 0 saturated heterocycles. The normalized spacial score (nSPS) is 15.4. The Morgan fingerprint density at radius 2 is 1.26 bits per heavy atom. The van der Waals surface area contributed by atoms with Gasteiger partial charge in [0, 0.05) is 7.11 Å². The van der Waals surface area contributed by atoms with Crippen molar-refractivity contribution in [2.45, 2.75) is 108 Å². The van der Waals surface area contributed by atoms with Gasteiger partial charge in [-0.2, -0.15) is 35.9 Å². The van der Waals surface area contributed by atoms with Crippen LogP contribution < -0.4 is 20.5 Å².